The number of fused-ring (bicyclic) bond motifs is 2. The highest BCUT2D eigenvalue weighted by molar-refractivity contribution is 7.93. The predicted molar refractivity (Wildman–Crippen MR) is 275 cm³/mol. The molecule has 382 valence electrons. The highest BCUT2D eigenvalue weighted by atomic mass is 32.2. The maximum atomic E-state index is 15.7. The number of aromatic amines is 1. The number of rotatable bonds is 10. The number of imidazole rings is 1. The number of hydrogen-bond acceptors (Lipinski definition) is 10. The van der Waals surface area contributed by atoms with Crippen LogP contribution in [0.5, 0.6) is 5.75 Å². The van der Waals surface area contributed by atoms with Crippen molar-refractivity contribution in [2.24, 2.45) is 10.3 Å². The third-order valence-corrected chi connectivity index (χ3v) is 19.0. The fourth-order valence-electron chi connectivity index (χ4n) is 12.3. The molecule has 4 fully saturated rings. The van der Waals surface area contributed by atoms with E-state index in [-0.39, 0.29) is 41.0 Å². The van der Waals surface area contributed by atoms with Gasteiger partial charge in [-0.3, -0.25) is 23.4 Å². The Kier molecular flexibility index (Phi) is 11.2. The molecule has 1 amide bonds. The highest BCUT2D eigenvalue weighted by Crippen LogP contribution is 2.56. The number of aryl methyl sites for hydroxylation is 2. The molecule has 3 aliphatic heterocycles. The number of H-pyrrole nitrogens is 1. The molecule has 73 heavy (non-hydrogen) atoms. The van der Waals surface area contributed by atoms with Crippen molar-refractivity contribution in [3.8, 4) is 22.9 Å². The van der Waals surface area contributed by atoms with Crippen LogP contribution in [0.2, 0.25) is 0 Å². The van der Waals surface area contributed by atoms with E-state index in [1.54, 1.807) is 59.2 Å². The molecule has 0 bridgehead atoms. The Balaban J connectivity index is 0.949. The van der Waals surface area contributed by atoms with Crippen LogP contribution in [0.25, 0.3) is 28.1 Å². The molecule has 0 spiro atoms. The van der Waals surface area contributed by atoms with Crippen molar-refractivity contribution in [3.63, 3.8) is 0 Å². The number of aromatic nitrogens is 7. The second-order valence-electron chi connectivity index (χ2n) is 21.9. The van der Waals surface area contributed by atoms with Crippen molar-refractivity contribution in [3.05, 3.63) is 139 Å². The van der Waals surface area contributed by atoms with Crippen LogP contribution in [0.4, 0.5) is 4.39 Å². The van der Waals surface area contributed by atoms with Gasteiger partial charge in [0.05, 0.1) is 28.7 Å². The summed E-state index contributed by atoms with van der Waals surface area (Å²) in [6.45, 7) is 12.7. The van der Waals surface area contributed by atoms with Crippen molar-refractivity contribution in [2.45, 2.75) is 128 Å². The Hall–Kier alpha value is -6.53. The van der Waals surface area contributed by atoms with E-state index in [0.29, 0.717) is 102 Å². The average Bonchev–Trinajstić information content (AvgIpc) is 4.08. The first kappa shape index (κ1) is 47.5. The molecule has 5 aliphatic rings. The van der Waals surface area contributed by atoms with E-state index in [0.717, 1.165) is 53.6 Å². The smallest absolute Gasteiger partial charge is 0.438 e. The minimum absolute atomic E-state index is 0.0137. The van der Waals surface area contributed by atoms with Crippen LogP contribution in [-0.2, 0) is 26.4 Å². The standard InChI is InChI=1S/C55H62FN9O7S/c1-31-24-40(25-32(2)48(31)56)65-49(63-20-19-62(53(63)68)39-11-13-46(42(28-39)35-8-9-35)71-41-16-22-73(69,57-7)23-17-41)47-34(4)61(18-14-43(47)59-65)50(66)45-27-38-26-36(37-15-21-70-54(5,6)30-37)10-12-44(38)64(45)55(29-33(55)3)51-58-52(67)72-60-51/h10-13,19-20,24-28,33-35,37,41H,8-9,14-18,21-23,29-30H2,1-7H3,(H,58,60,67)/t33-,34-,37-,41?,55-,73?/m0/s1. The lowest BCUT2D eigenvalue weighted by Crippen LogP contribution is -2.41. The summed E-state index contributed by atoms with van der Waals surface area (Å²) < 4.78 is 57.1. The van der Waals surface area contributed by atoms with Crippen LogP contribution in [0.1, 0.15) is 140 Å². The molecule has 2 saturated heterocycles. The van der Waals surface area contributed by atoms with Gasteiger partial charge in [0.15, 0.2) is 5.82 Å². The summed E-state index contributed by atoms with van der Waals surface area (Å²) >= 11 is 0. The summed E-state index contributed by atoms with van der Waals surface area (Å²) in [5.41, 5.74) is 5.66. The summed E-state index contributed by atoms with van der Waals surface area (Å²) in [4.78, 5) is 48.0. The fraction of sp³-hybridized carbons (Fsp3) is 0.473. The van der Waals surface area contributed by atoms with Crippen molar-refractivity contribution >= 4 is 26.5 Å². The minimum Gasteiger partial charge on any atom is -0.490 e. The zero-order valence-corrected chi connectivity index (χ0v) is 43.3. The van der Waals surface area contributed by atoms with E-state index in [4.69, 9.17) is 19.1 Å². The molecule has 7 aromatic rings. The van der Waals surface area contributed by atoms with Crippen LogP contribution in [0, 0.1) is 25.6 Å². The van der Waals surface area contributed by atoms with Crippen LogP contribution in [0.3, 0.4) is 0 Å². The minimum atomic E-state index is -2.17. The topological polar surface area (TPSA) is 177 Å². The lowest BCUT2D eigenvalue weighted by Gasteiger charge is -2.35. The fourth-order valence-corrected chi connectivity index (χ4v) is 14.1. The van der Waals surface area contributed by atoms with Gasteiger partial charge in [-0.1, -0.05) is 18.1 Å². The summed E-state index contributed by atoms with van der Waals surface area (Å²) in [6, 6.07) is 17.2. The van der Waals surface area contributed by atoms with Crippen LogP contribution in [0.15, 0.2) is 85.5 Å². The zero-order valence-electron chi connectivity index (χ0n) is 42.4. The molecular formula is C55H62FN9O7S. The van der Waals surface area contributed by atoms with E-state index in [2.05, 4.69) is 58.0 Å². The van der Waals surface area contributed by atoms with Gasteiger partial charge in [-0.15, -0.1) is 0 Å². The number of benzene rings is 3. The lowest BCUT2D eigenvalue weighted by molar-refractivity contribution is -0.0592. The van der Waals surface area contributed by atoms with Gasteiger partial charge in [0.2, 0.25) is 0 Å². The van der Waals surface area contributed by atoms with E-state index in [9.17, 15) is 9.00 Å². The highest BCUT2D eigenvalue weighted by Gasteiger charge is 2.59. The van der Waals surface area contributed by atoms with Gasteiger partial charge in [-0.2, -0.15) is 5.10 Å². The molecule has 4 atom stereocenters. The third-order valence-electron chi connectivity index (χ3n) is 16.5. The average molecular weight is 1010 g/mol. The molecule has 7 heterocycles. The number of nitrogens with one attached hydrogen (secondary N) is 1. The second kappa shape index (κ2) is 17.3. The summed E-state index contributed by atoms with van der Waals surface area (Å²) in [7, 11) is -0.539. The van der Waals surface area contributed by atoms with Gasteiger partial charge in [-0.05, 0) is 168 Å². The Morgan fingerprint density at radius 2 is 1.66 bits per heavy atom. The molecule has 0 unspecified atom stereocenters. The van der Waals surface area contributed by atoms with Crippen molar-refractivity contribution in [2.75, 3.05) is 31.7 Å². The molecule has 0 radical (unpaired) electrons. The number of amides is 1. The van der Waals surface area contributed by atoms with Gasteiger partial charge in [0.25, 0.3) is 5.91 Å². The Morgan fingerprint density at radius 3 is 2.33 bits per heavy atom. The van der Waals surface area contributed by atoms with Crippen LogP contribution in [-0.4, -0.2) is 92.0 Å². The normalized spacial score (nSPS) is 25.7. The van der Waals surface area contributed by atoms with Crippen LogP contribution < -0.4 is 16.2 Å². The zero-order chi connectivity index (χ0) is 50.9. The van der Waals surface area contributed by atoms with Gasteiger partial charge >= 0.3 is 11.4 Å². The monoisotopic (exact) mass is 1010 g/mol. The molecule has 2 aliphatic carbocycles. The second-order valence-corrected chi connectivity index (χ2v) is 24.6. The van der Waals surface area contributed by atoms with Crippen LogP contribution >= 0.6 is 0 Å². The Bertz CT molecular complexity index is 3600. The molecule has 1 N–H and O–H groups in total. The van der Waals surface area contributed by atoms with E-state index in [1.165, 1.54) is 5.56 Å². The lowest BCUT2D eigenvalue weighted by atomic mass is 9.83. The first-order valence-corrected chi connectivity index (χ1v) is 27.6. The Morgan fingerprint density at radius 1 is 0.918 bits per heavy atom. The molecule has 16 nitrogen and oxygen atoms in total. The first-order chi connectivity index (χ1) is 35.0. The van der Waals surface area contributed by atoms with Gasteiger partial charge in [0, 0.05) is 76.7 Å². The van der Waals surface area contributed by atoms with E-state index in [1.807, 2.05) is 36.1 Å². The molecule has 12 rings (SSSR count). The molecular weight excluding hydrogens is 950 g/mol. The summed E-state index contributed by atoms with van der Waals surface area (Å²) in [5.74, 6) is 2.06. The van der Waals surface area contributed by atoms with Gasteiger partial charge in [-0.25, -0.2) is 27.2 Å². The van der Waals surface area contributed by atoms with Crippen molar-refractivity contribution < 1.29 is 27.4 Å². The molecule has 4 aromatic heterocycles. The number of ether oxygens (including phenoxy) is 2. The first-order valence-electron chi connectivity index (χ1n) is 25.7. The van der Waals surface area contributed by atoms with Crippen molar-refractivity contribution in [1.82, 2.24) is 38.5 Å². The summed E-state index contributed by atoms with van der Waals surface area (Å²) in [6.07, 6.45) is 9.57. The third kappa shape index (κ3) is 8.01. The number of carbonyl (C=O) groups is 1. The quantitative estimate of drug-likeness (QED) is 0.140. The molecule has 2 saturated carbocycles. The number of nitrogens with zero attached hydrogens (tertiary/aromatic N) is 8. The Labute approximate surface area is 422 Å². The SMILES string of the molecule is CN=S1(=O)CCC(Oc2ccc(-n3ccn(-c4c5c(nn4-c4cc(C)c(F)c(C)c4)CCN(C(=O)c4cc6cc([C@H]7CCOC(C)(C)C7)ccc6n4[C@@]4(c6noc(=O)[nH]6)C[C@@H]4C)[C@H]5C)c3=O)cc2C2CC2)CC1. The predicted octanol–water partition coefficient (Wildman–Crippen LogP) is 8.93. The van der Waals surface area contributed by atoms with Gasteiger partial charge in [0.1, 0.15) is 34.7 Å². The number of halogens is 1. The van der Waals surface area contributed by atoms with Crippen molar-refractivity contribution in [1.29, 1.82) is 0 Å². The van der Waals surface area contributed by atoms with Gasteiger partial charge < -0.3 is 18.9 Å². The maximum absolute atomic E-state index is 15.7. The maximum Gasteiger partial charge on any atom is 0.438 e. The largest absolute Gasteiger partial charge is 0.490 e. The molecule has 18 heteroatoms. The van der Waals surface area contributed by atoms with E-state index >= 15 is 14.0 Å². The number of carbonyl (C=O) groups excluding carboxylic acids is 1. The molecule has 3 aromatic carbocycles. The number of hydrogen-bond donors (Lipinski definition) is 1. The summed E-state index contributed by atoms with van der Waals surface area (Å²) in [5, 5.41) is 10.3. The van der Waals surface area contributed by atoms with E-state index < -0.39 is 27.1 Å².